The first-order valence-electron chi connectivity index (χ1n) is 6.55. The van der Waals surface area contributed by atoms with Crippen LogP contribution in [0.2, 0.25) is 0 Å². The topological polar surface area (TPSA) is 58.4 Å². The molecule has 1 heterocycles. The zero-order valence-electron chi connectivity index (χ0n) is 11.8. The van der Waals surface area contributed by atoms with Gasteiger partial charge in [-0.15, -0.1) is 0 Å². The van der Waals surface area contributed by atoms with Crippen molar-refractivity contribution < 1.29 is 9.90 Å². The quantitative estimate of drug-likeness (QED) is 0.875. The van der Waals surface area contributed by atoms with Gasteiger partial charge in [-0.25, -0.2) is 9.78 Å². The molecule has 0 saturated carbocycles. The Labute approximate surface area is 118 Å². The van der Waals surface area contributed by atoms with E-state index in [1.807, 2.05) is 25.3 Å². The summed E-state index contributed by atoms with van der Waals surface area (Å²) in [5, 5.41) is 8.85. The molecule has 5 heteroatoms. The summed E-state index contributed by atoms with van der Waals surface area (Å²) >= 11 is 0. The van der Waals surface area contributed by atoms with E-state index < -0.39 is 5.97 Å². The van der Waals surface area contributed by atoms with Crippen molar-refractivity contribution in [2.24, 2.45) is 0 Å². The number of nitrogens with zero attached hydrogens (tertiary/aromatic N) is 3. The van der Waals surface area contributed by atoms with E-state index in [-0.39, 0.29) is 0 Å². The van der Waals surface area contributed by atoms with Crippen LogP contribution in [0.5, 0.6) is 0 Å². The van der Waals surface area contributed by atoms with Gasteiger partial charge in [0, 0.05) is 32.0 Å². The average Bonchev–Trinajstić information content (AvgIpc) is 2.82. The van der Waals surface area contributed by atoms with Gasteiger partial charge in [0.15, 0.2) is 0 Å². The zero-order chi connectivity index (χ0) is 14.5. The molecule has 0 aliphatic heterocycles. The highest BCUT2D eigenvalue weighted by molar-refractivity contribution is 5.87. The van der Waals surface area contributed by atoms with Crippen molar-refractivity contribution in [1.29, 1.82) is 0 Å². The van der Waals surface area contributed by atoms with Crippen LogP contribution < -0.4 is 0 Å². The molecular formula is C15H19N3O2. The highest BCUT2D eigenvalue weighted by Crippen LogP contribution is 2.07. The molecule has 0 atom stereocenters. The Morgan fingerprint density at radius 2 is 2.05 bits per heavy atom. The van der Waals surface area contributed by atoms with Gasteiger partial charge in [0.25, 0.3) is 0 Å². The maximum Gasteiger partial charge on any atom is 0.335 e. The lowest BCUT2D eigenvalue weighted by Crippen LogP contribution is -2.23. The number of aromatic carboxylic acids is 1. The van der Waals surface area contributed by atoms with Crippen molar-refractivity contribution in [2.75, 3.05) is 13.6 Å². The normalized spacial score (nSPS) is 10.9. The summed E-state index contributed by atoms with van der Waals surface area (Å²) in [6.07, 6.45) is 3.78. The molecule has 20 heavy (non-hydrogen) atoms. The fraction of sp³-hybridized carbons (Fsp3) is 0.333. The van der Waals surface area contributed by atoms with Crippen LogP contribution in [-0.4, -0.2) is 39.1 Å². The van der Waals surface area contributed by atoms with E-state index >= 15 is 0 Å². The molecule has 0 radical (unpaired) electrons. The predicted octanol–water partition coefficient (Wildman–Crippen LogP) is 2.02. The molecule has 0 saturated heterocycles. The minimum atomic E-state index is -0.888. The number of aryl methyl sites for hydroxylation is 1. The van der Waals surface area contributed by atoms with Crippen molar-refractivity contribution in [3.63, 3.8) is 0 Å². The van der Waals surface area contributed by atoms with E-state index in [1.54, 1.807) is 18.3 Å². The predicted molar refractivity (Wildman–Crippen MR) is 76.7 cm³/mol. The average molecular weight is 273 g/mol. The van der Waals surface area contributed by atoms with E-state index in [1.165, 1.54) is 0 Å². The van der Waals surface area contributed by atoms with Crippen molar-refractivity contribution >= 4 is 5.97 Å². The molecule has 0 aliphatic carbocycles. The number of rotatable bonds is 6. The molecule has 5 nitrogen and oxygen atoms in total. The Morgan fingerprint density at radius 3 is 2.60 bits per heavy atom. The second kappa shape index (κ2) is 6.34. The molecule has 0 bridgehead atoms. The molecule has 2 rings (SSSR count). The van der Waals surface area contributed by atoms with Gasteiger partial charge in [-0.1, -0.05) is 12.1 Å². The fourth-order valence-corrected chi connectivity index (χ4v) is 2.06. The third-order valence-corrected chi connectivity index (χ3v) is 3.30. The van der Waals surface area contributed by atoms with E-state index in [4.69, 9.17) is 5.11 Å². The molecule has 1 N–H and O–H groups in total. The third-order valence-electron chi connectivity index (χ3n) is 3.30. The number of imidazole rings is 1. The molecule has 0 fully saturated rings. The number of benzene rings is 1. The van der Waals surface area contributed by atoms with E-state index in [2.05, 4.69) is 21.5 Å². The van der Waals surface area contributed by atoms with E-state index in [0.717, 1.165) is 31.0 Å². The standard InChI is InChI=1S/C15H19N3O2/c1-12-16-7-8-18(12)10-9-17(2)11-13-3-5-14(6-4-13)15(19)20/h3-8H,9-11H2,1-2H3,(H,19,20). The number of likely N-dealkylation sites (N-methyl/N-ethyl adjacent to an activating group) is 1. The van der Waals surface area contributed by atoms with Gasteiger partial charge < -0.3 is 14.6 Å². The Morgan fingerprint density at radius 1 is 1.35 bits per heavy atom. The molecule has 106 valence electrons. The highest BCUT2D eigenvalue weighted by Gasteiger charge is 2.05. The van der Waals surface area contributed by atoms with Crippen LogP contribution in [0.25, 0.3) is 0 Å². The van der Waals surface area contributed by atoms with Crippen LogP contribution in [0.4, 0.5) is 0 Å². The Hall–Kier alpha value is -2.14. The number of carboxylic acid groups (broad SMARTS) is 1. The number of hydrogen-bond donors (Lipinski definition) is 1. The first-order valence-corrected chi connectivity index (χ1v) is 6.55. The molecular weight excluding hydrogens is 254 g/mol. The minimum absolute atomic E-state index is 0.324. The molecule has 1 aromatic heterocycles. The Balaban J connectivity index is 1.86. The summed E-state index contributed by atoms with van der Waals surface area (Å²) in [6.45, 7) is 4.60. The maximum atomic E-state index is 10.8. The van der Waals surface area contributed by atoms with E-state index in [0.29, 0.717) is 5.56 Å². The number of aromatic nitrogens is 2. The maximum absolute atomic E-state index is 10.8. The molecule has 0 aliphatic rings. The molecule has 0 spiro atoms. The zero-order valence-corrected chi connectivity index (χ0v) is 11.8. The molecule has 2 aromatic rings. The first-order chi connectivity index (χ1) is 9.56. The summed E-state index contributed by atoms with van der Waals surface area (Å²) < 4.78 is 2.12. The van der Waals surface area contributed by atoms with Crippen LogP contribution in [-0.2, 0) is 13.1 Å². The smallest absolute Gasteiger partial charge is 0.335 e. The van der Waals surface area contributed by atoms with Crippen LogP contribution >= 0.6 is 0 Å². The van der Waals surface area contributed by atoms with Crippen molar-refractivity contribution in [3.05, 3.63) is 53.6 Å². The summed E-state index contributed by atoms with van der Waals surface area (Å²) in [5.41, 5.74) is 1.44. The first kappa shape index (κ1) is 14.3. The number of carbonyl (C=O) groups is 1. The minimum Gasteiger partial charge on any atom is -0.478 e. The SMILES string of the molecule is Cc1nccn1CCN(C)Cc1ccc(C(=O)O)cc1. The lowest BCUT2D eigenvalue weighted by molar-refractivity contribution is 0.0697. The van der Waals surface area contributed by atoms with Gasteiger partial charge in [-0.3, -0.25) is 0 Å². The number of carboxylic acids is 1. The summed E-state index contributed by atoms with van der Waals surface area (Å²) in [7, 11) is 2.05. The summed E-state index contributed by atoms with van der Waals surface area (Å²) in [6, 6.07) is 7.02. The van der Waals surface area contributed by atoms with Crippen molar-refractivity contribution in [3.8, 4) is 0 Å². The van der Waals surface area contributed by atoms with Gasteiger partial charge in [-0.05, 0) is 31.7 Å². The second-order valence-corrected chi connectivity index (χ2v) is 4.91. The highest BCUT2D eigenvalue weighted by atomic mass is 16.4. The van der Waals surface area contributed by atoms with Gasteiger partial charge in [0.05, 0.1) is 5.56 Å². The monoisotopic (exact) mass is 273 g/mol. The largest absolute Gasteiger partial charge is 0.478 e. The van der Waals surface area contributed by atoms with Gasteiger partial charge >= 0.3 is 5.97 Å². The van der Waals surface area contributed by atoms with Crippen LogP contribution in [0, 0.1) is 6.92 Å². The van der Waals surface area contributed by atoms with Crippen LogP contribution in [0.3, 0.4) is 0 Å². The van der Waals surface area contributed by atoms with Crippen molar-refractivity contribution in [2.45, 2.75) is 20.0 Å². The van der Waals surface area contributed by atoms with Gasteiger partial charge in [0.1, 0.15) is 5.82 Å². The third kappa shape index (κ3) is 3.68. The Kier molecular flexibility index (Phi) is 4.53. The summed E-state index contributed by atoms with van der Waals surface area (Å²) in [4.78, 5) is 17.2. The molecule has 0 amide bonds. The second-order valence-electron chi connectivity index (χ2n) is 4.91. The van der Waals surface area contributed by atoms with Gasteiger partial charge in [0.2, 0.25) is 0 Å². The fourth-order valence-electron chi connectivity index (χ4n) is 2.06. The van der Waals surface area contributed by atoms with Crippen LogP contribution in [0.15, 0.2) is 36.7 Å². The summed E-state index contributed by atoms with van der Waals surface area (Å²) in [5.74, 6) is 0.129. The van der Waals surface area contributed by atoms with Gasteiger partial charge in [-0.2, -0.15) is 0 Å². The molecule has 0 unspecified atom stereocenters. The Bertz CT molecular complexity index is 575. The van der Waals surface area contributed by atoms with Crippen LogP contribution in [0.1, 0.15) is 21.7 Å². The lowest BCUT2D eigenvalue weighted by atomic mass is 10.1. The van der Waals surface area contributed by atoms with E-state index in [9.17, 15) is 4.79 Å². The molecule has 1 aromatic carbocycles. The lowest BCUT2D eigenvalue weighted by Gasteiger charge is -2.17. The number of hydrogen-bond acceptors (Lipinski definition) is 3. The van der Waals surface area contributed by atoms with Crippen molar-refractivity contribution in [1.82, 2.24) is 14.5 Å².